The Bertz CT molecular complexity index is 3680. The lowest BCUT2D eigenvalue weighted by atomic mass is 9.89. The van der Waals surface area contributed by atoms with Gasteiger partial charge in [0.1, 0.15) is 16.9 Å². The molecule has 107 heavy (non-hydrogen) atoms. The van der Waals surface area contributed by atoms with E-state index < -0.39 is 0 Å². The number of hydrogen-bond donors (Lipinski definition) is 7. The predicted molar refractivity (Wildman–Crippen MR) is 426 cm³/mol. The molecule has 588 valence electrons. The average molecular weight is 1480 g/mol. The van der Waals surface area contributed by atoms with Crippen molar-refractivity contribution in [2.45, 2.75) is 325 Å². The molecule has 6 aromatic rings. The number of amides is 3. The maximum absolute atomic E-state index is 13.1. The van der Waals surface area contributed by atoms with E-state index in [0.717, 1.165) is 278 Å². The van der Waals surface area contributed by atoms with Gasteiger partial charge in [0, 0.05) is 141 Å². The first kappa shape index (κ1) is 78.6. The second-order valence-electron chi connectivity index (χ2n) is 34.2. The number of nitrogens with zero attached hydrogens (tertiary/aromatic N) is 13. The minimum absolute atomic E-state index is 0.00767. The lowest BCUT2D eigenvalue weighted by molar-refractivity contribution is -0.137. The molecule has 23 nitrogen and oxygen atoms in total. The first-order valence-corrected chi connectivity index (χ1v) is 42.7. The number of aliphatic hydroxyl groups is 3. The Morgan fingerprint density at radius 3 is 1.08 bits per heavy atom. The summed E-state index contributed by atoms with van der Waals surface area (Å²) in [7, 11) is 2.11. The van der Waals surface area contributed by atoms with Crippen LogP contribution in [0.15, 0.2) is 37.2 Å². The van der Waals surface area contributed by atoms with E-state index in [4.69, 9.17) is 29.9 Å². The smallest absolute Gasteiger partial charge is 0.239 e. The highest BCUT2D eigenvalue weighted by molar-refractivity contribution is 5.85. The van der Waals surface area contributed by atoms with Gasteiger partial charge < -0.3 is 69.9 Å². The topological polar surface area (TPSA) is 265 Å². The number of fused-ring (bicyclic) bond motifs is 3. The fraction of sp³-hybridized carbons (Fsp3) is 0.750. The fourth-order valence-electron chi connectivity index (χ4n) is 19.7. The van der Waals surface area contributed by atoms with Crippen molar-refractivity contribution in [1.82, 2.24) is 68.5 Å². The summed E-state index contributed by atoms with van der Waals surface area (Å²) in [4.78, 5) is 76.8. The Kier molecular flexibility index (Phi) is 27.2. The van der Waals surface area contributed by atoms with Gasteiger partial charge >= 0.3 is 0 Å². The third-order valence-corrected chi connectivity index (χ3v) is 26.1. The van der Waals surface area contributed by atoms with Crippen LogP contribution in [0.25, 0.3) is 33.1 Å². The van der Waals surface area contributed by atoms with Crippen LogP contribution < -0.4 is 21.3 Å². The van der Waals surface area contributed by atoms with Gasteiger partial charge in [0.25, 0.3) is 0 Å². The van der Waals surface area contributed by atoms with Gasteiger partial charge in [-0.2, -0.15) is 15.0 Å². The zero-order valence-corrected chi connectivity index (χ0v) is 66.0. The number of carbonyl (C=O) groups excluding carboxylic acids is 3. The highest BCUT2D eigenvalue weighted by Gasteiger charge is 2.38. The van der Waals surface area contributed by atoms with E-state index >= 15 is 0 Å². The molecule has 3 amide bonds. The van der Waals surface area contributed by atoms with E-state index in [0.29, 0.717) is 83.7 Å². The Morgan fingerprint density at radius 1 is 0.430 bits per heavy atom. The van der Waals surface area contributed by atoms with Crippen molar-refractivity contribution >= 4 is 68.7 Å². The molecule has 4 aliphatic carbocycles. The summed E-state index contributed by atoms with van der Waals surface area (Å²) in [6.45, 7) is 21.0. The lowest BCUT2D eigenvalue weighted by Crippen LogP contribution is -2.50. The van der Waals surface area contributed by atoms with Crippen molar-refractivity contribution in [2.75, 3.05) is 81.9 Å². The molecule has 5 aliphatic heterocycles. The van der Waals surface area contributed by atoms with Crippen LogP contribution in [-0.4, -0.2) is 205 Å². The summed E-state index contributed by atoms with van der Waals surface area (Å²) in [6.07, 6.45) is 44.9. The zero-order chi connectivity index (χ0) is 74.7. The van der Waals surface area contributed by atoms with E-state index in [9.17, 15) is 29.7 Å². The maximum Gasteiger partial charge on any atom is 0.239 e. The van der Waals surface area contributed by atoms with Crippen LogP contribution >= 0.6 is 0 Å². The molecule has 23 heteroatoms. The number of aromatic nitrogens is 9. The fourth-order valence-corrected chi connectivity index (χ4v) is 19.7. The van der Waals surface area contributed by atoms with Gasteiger partial charge in [0.05, 0.1) is 30.3 Å². The van der Waals surface area contributed by atoms with Gasteiger partial charge in [-0.1, -0.05) is 59.3 Å². The van der Waals surface area contributed by atoms with E-state index in [-0.39, 0.29) is 42.1 Å². The zero-order valence-electron chi connectivity index (χ0n) is 66.0. The van der Waals surface area contributed by atoms with E-state index in [1.54, 1.807) is 0 Å². The number of piperidine rings is 4. The summed E-state index contributed by atoms with van der Waals surface area (Å²) in [6, 6.07) is 2.11. The largest absolute Gasteiger partial charge is 0.393 e. The summed E-state index contributed by atoms with van der Waals surface area (Å²) < 4.78 is 7.13. The molecular formula is C84H131N17O6. The van der Waals surface area contributed by atoms with Gasteiger partial charge in [-0.15, -0.1) is 0 Å². The molecule has 0 bridgehead atoms. The third kappa shape index (κ3) is 19.3. The molecule has 15 rings (SSSR count). The van der Waals surface area contributed by atoms with Crippen molar-refractivity contribution in [3.63, 3.8) is 0 Å². The standard InChI is InChI=1S/2C28H44N6O2.C28H43N5O2/c1-4-5-19(2)30-28-29-16-24-25(18-34(26(24)31-28)22-6-8-23(35)9-7-22)20-11-14-33(15-12-20)27(36)21-10-13-32(3)17-21;1-3-6-19(2)31-28-30-17-23-24(18-34(26(23)32-28)21-8-10-22(35)11-9-21)20-12-15-33(16-13-20)27(36)25-7-4-5-14-29-25;1-3-6-19(2)30-28-29-17-24-25(18-33(26(24)31-28)22-9-11-23(34)12-10-22)20-13-15-32(16-14-20)27(35)21-7-4-5-8-21/h16,18-23,35H,4-15,17H2,1-3H3,(H,29,30,31);17-22,25,29,35H,3-16H2,1-2H3,(H,30,31,32);17-23,34H,3-16H2,1-2H3,(H,29,30,31)/t19-,21?,22?,23?;19-,21?,22?,25+;19-,22?,23?/m000/s1. The summed E-state index contributed by atoms with van der Waals surface area (Å²) in [5.74, 6) is 4.83. The molecule has 0 aromatic carbocycles. The molecule has 6 aromatic heterocycles. The van der Waals surface area contributed by atoms with Crippen molar-refractivity contribution in [3.05, 3.63) is 53.9 Å². The van der Waals surface area contributed by atoms with Gasteiger partial charge in [0.15, 0.2) is 0 Å². The second-order valence-corrected chi connectivity index (χ2v) is 34.2. The first-order valence-electron chi connectivity index (χ1n) is 42.7. The quantitative estimate of drug-likeness (QED) is 0.0353. The summed E-state index contributed by atoms with van der Waals surface area (Å²) >= 11 is 0. The molecule has 7 N–H and O–H groups in total. The highest BCUT2D eigenvalue weighted by Crippen LogP contribution is 2.43. The van der Waals surface area contributed by atoms with Crippen LogP contribution in [0.4, 0.5) is 17.8 Å². The number of nitrogens with one attached hydrogen (secondary N) is 4. The van der Waals surface area contributed by atoms with Crippen molar-refractivity contribution in [1.29, 1.82) is 0 Å². The first-order chi connectivity index (χ1) is 52.0. The predicted octanol–water partition coefficient (Wildman–Crippen LogP) is 13.9. The van der Waals surface area contributed by atoms with Crippen LogP contribution in [-0.2, 0) is 14.4 Å². The molecule has 0 radical (unpaired) electrons. The second kappa shape index (κ2) is 37.0. The minimum atomic E-state index is -0.176. The Labute approximate surface area is 636 Å². The lowest BCUT2D eigenvalue weighted by Gasteiger charge is -2.35. The minimum Gasteiger partial charge on any atom is -0.393 e. The molecule has 5 saturated heterocycles. The number of carbonyl (C=O) groups is 3. The van der Waals surface area contributed by atoms with Gasteiger partial charge in [-0.05, 0) is 242 Å². The molecule has 9 aliphatic rings. The summed E-state index contributed by atoms with van der Waals surface area (Å²) in [5.41, 5.74) is 7.04. The van der Waals surface area contributed by atoms with Gasteiger partial charge in [-0.25, -0.2) is 15.0 Å². The van der Waals surface area contributed by atoms with Gasteiger partial charge in [-0.3, -0.25) is 14.4 Å². The highest BCUT2D eigenvalue weighted by atomic mass is 16.3. The Morgan fingerprint density at radius 2 is 0.766 bits per heavy atom. The van der Waals surface area contributed by atoms with E-state index in [1.165, 1.54) is 36.0 Å². The molecular weight excluding hydrogens is 1340 g/mol. The van der Waals surface area contributed by atoms with Crippen LogP contribution in [0.5, 0.6) is 0 Å². The normalized spacial score (nSPS) is 26.4. The molecule has 5 atom stereocenters. The Balaban J connectivity index is 0.000000142. The molecule has 9 fully saturated rings. The van der Waals surface area contributed by atoms with E-state index in [2.05, 4.69) is 122 Å². The molecule has 4 saturated carbocycles. The molecule has 11 heterocycles. The summed E-state index contributed by atoms with van der Waals surface area (Å²) in [5, 5.41) is 47.5. The van der Waals surface area contributed by atoms with Gasteiger partial charge in [0.2, 0.25) is 35.6 Å². The van der Waals surface area contributed by atoms with Crippen LogP contribution in [0.1, 0.15) is 300 Å². The number of aliphatic hydroxyl groups excluding tert-OH is 3. The Hall–Kier alpha value is -6.53. The molecule has 1 unspecified atom stereocenters. The molecule has 0 spiro atoms. The number of anilines is 3. The van der Waals surface area contributed by atoms with Crippen LogP contribution in [0.2, 0.25) is 0 Å². The van der Waals surface area contributed by atoms with Crippen molar-refractivity contribution < 1.29 is 29.7 Å². The third-order valence-electron chi connectivity index (χ3n) is 26.1. The van der Waals surface area contributed by atoms with Crippen LogP contribution in [0, 0.1) is 11.8 Å². The number of likely N-dealkylation sites (tertiary alicyclic amines) is 4. The van der Waals surface area contributed by atoms with Crippen molar-refractivity contribution in [3.8, 4) is 0 Å². The monoisotopic (exact) mass is 1470 g/mol. The van der Waals surface area contributed by atoms with Crippen LogP contribution in [0.3, 0.4) is 0 Å². The SMILES string of the molecule is CCC[C@H](C)Nc1ncc2c(C3CCN(C(=O)C4CCCC4)CC3)cn(C3CCC(O)CC3)c2n1.CCC[C@H](C)Nc1ncc2c(C3CCN(C(=O)C4CCN(C)C4)CC3)cn(C3CCC(O)CC3)c2n1.CCC[C@H](C)Nc1ncc2c(C3CCN(C(=O)[C@H]4CCCCN4)CC3)cn(C3CCC(O)CC3)c2n1. The number of rotatable bonds is 21. The maximum atomic E-state index is 13.1. The average Bonchev–Trinajstić information content (AvgIpc) is 1.63. The van der Waals surface area contributed by atoms with E-state index in [1.807, 2.05) is 18.6 Å². The van der Waals surface area contributed by atoms with Crippen molar-refractivity contribution in [2.24, 2.45) is 11.8 Å². The number of hydrogen-bond acceptors (Lipinski definition) is 17.